The highest BCUT2D eigenvalue weighted by molar-refractivity contribution is 5.71. The summed E-state index contributed by atoms with van der Waals surface area (Å²) in [4.78, 5) is 14.9. The second-order valence-corrected chi connectivity index (χ2v) is 10.5. The number of hydrogen-bond acceptors (Lipinski definition) is 4. The normalized spacial score (nSPS) is 19.6. The van der Waals surface area contributed by atoms with E-state index >= 15 is 0 Å². The van der Waals surface area contributed by atoms with Gasteiger partial charge in [0.05, 0.1) is 13.3 Å². The lowest BCUT2D eigenvalue weighted by molar-refractivity contribution is -0.137. The minimum Gasteiger partial charge on any atom is -0.489 e. The van der Waals surface area contributed by atoms with Crippen LogP contribution < -0.4 is 9.47 Å². The molecule has 2 atom stereocenters. The number of carboxylic acid groups (broad SMARTS) is 1. The molecule has 0 saturated heterocycles. The van der Waals surface area contributed by atoms with Gasteiger partial charge in [0, 0.05) is 23.5 Å². The van der Waals surface area contributed by atoms with E-state index in [1.54, 1.807) is 6.07 Å². The topological polar surface area (TPSA) is 68.7 Å². The van der Waals surface area contributed by atoms with E-state index in [0.717, 1.165) is 61.0 Å². The van der Waals surface area contributed by atoms with Crippen molar-refractivity contribution in [3.63, 3.8) is 0 Å². The highest BCUT2D eigenvalue weighted by Gasteiger charge is 2.38. The molecule has 5 rings (SSSR count). The van der Waals surface area contributed by atoms with Gasteiger partial charge in [0.15, 0.2) is 0 Å². The molecule has 198 valence electrons. The number of pyridine rings is 1. The summed E-state index contributed by atoms with van der Waals surface area (Å²) in [7, 11) is 1.53. The van der Waals surface area contributed by atoms with Crippen molar-refractivity contribution in [2.45, 2.75) is 62.9 Å². The maximum atomic E-state index is 15.0. The number of carbonyl (C=O) groups is 1. The lowest BCUT2D eigenvalue weighted by Gasteiger charge is -2.29. The van der Waals surface area contributed by atoms with E-state index in [2.05, 4.69) is 29.8 Å². The van der Waals surface area contributed by atoms with Crippen molar-refractivity contribution in [3.8, 4) is 22.8 Å². The average molecular weight is 516 g/mol. The summed E-state index contributed by atoms with van der Waals surface area (Å²) in [6.45, 7) is 4.56. The molecule has 1 heterocycles. The molecule has 1 N–H and O–H groups in total. The Hall–Kier alpha value is -3.67. The Kier molecular flexibility index (Phi) is 7.50. The van der Waals surface area contributed by atoms with Crippen molar-refractivity contribution in [1.29, 1.82) is 0 Å². The molecule has 2 fully saturated rings. The molecule has 0 amide bonds. The van der Waals surface area contributed by atoms with Crippen LogP contribution in [0, 0.1) is 11.7 Å². The number of carboxylic acids is 1. The lowest BCUT2D eigenvalue weighted by Crippen LogP contribution is -2.20. The van der Waals surface area contributed by atoms with Gasteiger partial charge in [-0.1, -0.05) is 49.2 Å². The van der Waals surface area contributed by atoms with Crippen molar-refractivity contribution < 1.29 is 23.8 Å². The van der Waals surface area contributed by atoms with E-state index in [1.807, 2.05) is 30.3 Å². The van der Waals surface area contributed by atoms with Gasteiger partial charge in [0.2, 0.25) is 5.88 Å². The summed E-state index contributed by atoms with van der Waals surface area (Å²) in [5.41, 5.74) is 4.36. The minimum absolute atomic E-state index is 0.217. The molecular formula is C32H34FNO4. The predicted molar refractivity (Wildman–Crippen MR) is 145 cm³/mol. The summed E-state index contributed by atoms with van der Waals surface area (Å²) in [5, 5.41) is 8.96. The standard InChI is InChI=1S/C32H34FNO4/c1-3-32(13-4-5-14-32)28-15-21(9-11-25(28)27-18-30(37-2)34-19-29(27)33)20-38-24-8-6-7-22(16-24)26-17-23(26)10-12-31(35)36/h3,6-9,11,15-16,18-19,23,26H,1,4-5,10,12-14,17,20H2,2H3,(H,35,36). The first-order chi connectivity index (χ1) is 18.4. The Labute approximate surface area is 223 Å². The van der Waals surface area contributed by atoms with Crippen LogP contribution in [0.1, 0.15) is 67.6 Å². The Bertz CT molecular complexity index is 1330. The number of benzene rings is 2. The quantitative estimate of drug-likeness (QED) is 0.269. The average Bonchev–Trinajstić information content (AvgIpc) is 3.56. The molecule has 2 unspecified atom stereocenters. The van der Waals surface area contributed by atoms with Crippen LogP contribution in [0.15, 0.2) is 67.4 Å². The largest absolute Gasteiger partial charge is 0.489 e. The fraction of sp³-hybridized carbons (Fsp3) is 0.375. The highest BCUT2D eigenvalue weighted by atomic mass is 19.1. The van der Waals surface area contributed by atoms with Gasteiger partial charge in [-0.25, -0.2) is 9.37 Å². The lowest BCUT2D eigenvalue weighted by atomic mass is 9.75. The zero-order valence-electron chi connectivity index (χ0n) is 21.8. The van der Waals surface area contributed by atoms with Gasteiger partial charge in [-0.3, -0.25) is 4.79 Å². The van der Waals surface area contributed by atoms with E-state index in [0.29, 0.717) is 29.9 Å². The monoisotopic (exact) mass is 515 g/mol. The molecule has 3 aromatic rings. The van der Waals surface area contributed by atoms with E-state index in [1.165, 1.54) is 18.9 Å². The van der Waals surface area contributed by atoms with Gasteiger partial charge in [0.25, 0.3) is 0 Å². The fourth-order valence-electron chi connectivity index (χ4n) is 5.94. The molecule has 6 heteroatoms. The van der Waals surface area contributed by atoms with Gasteiger partial charge in [-0.2, -0.15) is 0 Å². The third-order valence-electron chi connectivity index (χ3n) is 8.18. The maximum absolute atomic E-state index is 15.0. The molecule has 38 heavy (non-hydrogen) atoms. The second kappa shape index (κ2) is 11.0. The number of ether oxygens (including phenoxy) is 2. The predicted octanol–water partition coefficient (Wildman–Crippen LogP) is 7.44. The fourth-order valence-corrected chi connectivity index (χ4v) is 5.94. The summed E-state index contributed by atoms with van der Waals surface area (Å²) in [6.07, 6.45) is 9.37. The van der Waals surface area contributed by atoms with Crippen LogP contribution in [-0.2, 0) is 16.8 Å². The van der Waals surface area contributed by atoms with Crippen LogP contribution in [0.3, 0.4) is 0 Å². The van der Waals surface area contributed by atoms with E-state index in [9.17, 15) is 9.18 Å². The van der Waals surface area contributed by atoms with Gasteiger partial charge < -0.3 is 14.6 Å². The number of rotatable bonds is 11. The molecule has 0 radical (unpaired) electrons. The maximum Gasteiger partial charge on any atom is 0.303 e. The molecule has 1 aromatic heterocycles. The summed E-state index contributed by atoms with van der Waals surface area (Å²) in [6, 6.07) is 15.9. The van der Waals surface area contributed by atoms with Crippen molar-refractivity contribution in [2.24, 2.45) is 5.92 Å². The molecule has 0 aliphatic heterocycles. The van der Waals surface area contributed by atoms with Gasteiger partial charge in [0.1, 0.15) is 18.2 Å². The Morgan fingerprint density at radius 3 is 2.74 bits per heavy atom. The van der Waals surface area contributed by atoms with E-state index in [-0.39, 0.29) is 17.7 Å². The number of hydrogen-bond donors (Lipinski definition) is 1. The summed E-state index contributed by atoms with van der Waals surface area (Å²) < 4.78 is 26.5. The van der Waals surface area contributed by atoms with Crippen LogP contribution in [0.4, 0.5) is 4.39 Å². The van der Waals surface area contributed by atoms with E-state index < -0.39 is 5.97 Å². The number of halogens is 1. The smallest absolute Gasteiger partial charge is 0.303 e. The zero-order valence-corrected chi connectivity index (χ0v) is 21.8. The molecule has 0 bridgehead atoms. The highest BCUT2D eigenvalue weighted by Crippen LogP contribution is 2.51. The van der Waals surface area contributed by atoms with Crippen LogP contribution in [-0.4, -0.2) is 23.2 Å². The third kappa shape index (κ3) is 5.45. The van der Waals surface area contributed by atoms with Crippen LogP contribution in [0.25, 0.3) is 11.1 Å². The van der Waals surface area contributed by atoms with Gasteiger partial charge in [-0.15, -0.1) is 6.58 Å². The molecule has 2 aliphatic rings. The molecule has 0 spiro atoms. The van der Waals surface area contributed by atoms with Crippen molar-refractivity contribution >= 4 is 5.97 Å². The van der Waals surface area contributed by atoms with Gasteiger partial charge >= 0.3 is 5.97 Å². The van der Waals surface area contributed by atoms with Crippen molar-refractivity contribution in [2.75, 3.05) is 7.11 Å². The third-order valence-corrected chi connectivity index (χ3v) is 8.18. The number of allylic oxidation sites excluding steroid dienone is 1. The van der Waals surface area contributed by atoms with Crippen molar-refractivity contribution in [3.05, 3.63) is 89.9 Å². The first kappa shape index (κ1) is 26.0. The van der Waals surface area contributed by atoms with Crippen LogP contribution in [0.5, 0.6) is 11.6 Å². The zero-order chi connectivity index (χ0) is 26.7. The molecule has 2 saturated carbocycles. The number of aliphatic carboxylic acids is 1. The number of aromatic nitrogens is 1. The van der Waals surface area contributed by atoms with Gasteiger partial charge in [-0.05, 0) is 71.9 Å². The van der Waals surface area contributed by atoms with Crippen molar-refractivity contribution in [1.82, 2.24) is 4.98 Å². The number of methoxy groups -OCH3 is 1. The molecular weight excluding hydrogens is 481 g/mol. The Balaban J connectivity index is 1.39. The molecule has 5 nitrogen and oxygen atoms in total. The minimum atomic E-state index is -0.736. The Morgan fingerprint density at radius 2 is 2.00 bits per heavy atom. The van der Waals surface area contributed by atoms with Crippen LogP contribution in [0.2, 0.25) is 0 Å². The SMILES string of the molecule is C=CC1(c2cc(COc3cccc(C4CC4CCC(=O)O)c3)ccc2-c2cc(OC)ncc2F)CCCC1. The molecule has 2 aromatic carbocycles. The van der Waals surface area contributed by atoms with Crippen LogP contribution >= 0.6 is 0 Å². The number of nitrogens with zero attached hydrogens (tertiary/aromatic N) is 1. The first-order valence-electron chi connectivity index (χ1n) is 13.3. The Morgan fingerprint density at radius 1 is 1.18 bits per heavy atom. The second-order valence-electron chi connectivity index (χ2n) is 10.5. The summed E-state index contributed by atoms with van der Waals surface area (Å²) >= 11 is 0. The van der Waals surface area contributed by atoms with E-state index in [4.69, 9.17) is 14.6 Å². The summed E-state index contributed by atoms with van der Waals surface area (Å²) in [5.74, 6) is 0.892. The molecule has 2 aliphatic carbocycles. The first-order valence-corrected chi connectivity index (χ1v) is 13.3.